The van der Waals surface area contributed by atoms with Gasteiger partial charge in [-0.1, -0.05) is 21.1 Å². The summed E-state index contributed by atoms with van der Waals surface area (Å²) in [5, 5.41) is 17.0. The Morgan fingerprint density at radius 3 is 2.50 bits per heavy atom. The number of anilines is 1. The number of amides is 1. The molecule has 1 amide bonds. The van der Waals surface area contributed by atoms with E-state index in [9.17, 15) is 14.9 Å². The molecule has 2 rings (SSSR count). The van der Waals surface area contributed by atoms with Crippen molar-refractivity contribution < 1.29 is 14.6 Å². The molecule has 0 aliphatic heterocycles. The van der Waals surface area contributed by atoms with Crippen LogP contribution in [0.15, 0.2) is 58.2 Å². The number of oxime groups is 1. The Bertz CT molecular complexity index is 730. The zero-order chi connectivity index (χ0) is 17.4. The molecule has 0 aliphatic carbocycles. The molecular weight excluding hydrogens is 378 g/mol. The molecule has 0 fully saturated rings. The predicted molar refractivity (Wildman–Crippen MR) is 93.8 cm³/mol. The monoisotopic (exact) mass is 391 g/mol. The second-order valence-electron chi connectivity index (χ2n) is 4.74. The molecule has 0 radical (unpaired) electrons. The average molecular weight is 392 g/mol. The lowest BCUT2D eigenvalue weighted by Crippen LogP contribution is -2.11. The van der Waals surface area contributed by atoms with Crippen molar-refractivity contribution in [2.24, 2.45) is 5.16 Å². The van der Waals surface area contributed by atoms with E-state index in [0.29, 0.717) is 5.69 Å². The summed E-state index contributed by atoms with van der Waals surface area (Å²) in [5.74, 6) is -0.208. The number of non-ortho nitro benzene ring substituents is 1. The highest BCUT2D eigenvalue weighted by molar-refractivity contribution is 9.10. The zero-order valence-corrected chi connectivity index (χ0v) is 14.1. The molecule has 0 saturated heterocycles. The second kappa shape index (κ2) is 8.78. The van der Waals surface area contributed by atoms with Gasteiger partial charge < -0.3 is 10.2 Å². The van der Waals surface area contributed by atoms with Gasteiger partial charge in [-0.2, -0.15) is 0 Å². The van der Waals surface area contributed by atoms with E-state index in [0.717, 1.165) is 10.0 Å². The van der Waals surface area contributed by atoms with Crippen LogP contribution in [0.4, 0.5) is 11.4 Å². The molecule has 8 heteroatoms. The molecule has 124 valence electrons. The number of nitro groups is 1. The minimum absolute atomic E-state index is 0.0202. The Balaban J connectivity index is 1.71. The predicted octanol–water partition coefficient (Wildman–Crippen LogP) is 3.89. The highest BCUT2D eigenvalue weighted by Gasteiger charge is 2.04. The molecule has 2 aromatic carbocycles. The van der Waals surface area contributed by atoms with Gasteiger partial charge in [0.15, 0.2) is 0 Å². The van der Waals surface area contributed by atoms with Crippen LogP contribution < -0.4 is 5.32 Å². The number of rotatable bonds is 7. The summed E-state index contributed by atoms with van der Waals surface area (Å²) in [5.41, 5.74) is 1.47. The van der Waals surface area contributed by atoms with Crippen LogP contribution in [-0.4, -0.2) is 17.0 Å². The van der Waals surface area contributed by atoms with Crippen molar-refractivity contribution in [1.82, 2.24) is 0 Å². The third kappa shape index (κ3) is 5.81. The van der Waals surface area contributed by atoms with E-state index in [-0.39, 0.29) is 24.6 Å². The van der Waals surface area contributed by atoms with Crippen LogP contribution in [0.2, 0.25) is 0 Å². The first-order valence-corrected chi connectivity index (χ1v) is 7.76. The van der Waals surface area contributed by atoms with E-state index in [1.54, 1.807) is 24.3 Å². The van der Waals surface area contributed by atoms with Crippen LogP contribution in [0.5, 0.6) is 0 Å². The van der Waals surface area contributed by atoms with E-state index in [2.05, 4.69) is 26.4 Å². The van der Waals surface area contributed by atoms with Gasteiger partial charge in [-0.3, -0.25) is 14.9 Å². The maximum atomic E-state index is 11.7. The number of nitrogens with one attached hydrogen (secondary N) is 1. The number of carbonyl (C=O) groups excluding carboxylic acids is 1. The van der Waals surface area contributed by atoms with Crippen molar-refractivity contribution in [3.8, 4) is 0 Å². The number of nitrogens with zero attached hydrogens (tertiary/aromatic N) is 2. The van der Waals surface area contributed by atoms with Crippen molar-refractivity contribution in [3.05, 3.63) is 68.7 Å². The summed E-state index contributed by atoms with van der Waals surface area (Å²) in [6.07, 6.45) is 1.44. The van der Waals surface area contributed by atoms with Gasteiger partial charge in [0, 0.05) is 22.3 Å². The van der Waals surface area contributed by atoms with Gasteiger partial charge in [0.05, 0.1) is 17.6 Å². The summed E-state index contributed by atoms with van der Waals surface area (Å²) in [6, 6.07) is 13.2. The first-order valence-electron chi connectivity index (χ1n) is 6.97. The fourth-order valence-electron chi connectivity index (χ4n) is 1.74. The minimum Gasteiger partial charge on any atom is -0.391 e. The molecular formula is C16H14BrN3O4. The highest BCUT2D eigenvalue weighted by Crippen LogP contribution is 2.14. The number of benzene rings is 2. The number of nitro benzene ring substituents is 1. The maximum Gasteiger partial charge on any atom is 0.269 e. The minimum atomic E-state index is -0.465. The zero-order valence-electron chi connectivity index (χ0n) is 12.5. The van der Waals surface area contributed by atoms with Gasteiger partial charge in [-0.05, 0) is 42.0 Å². The molecule has 0 aromatic heterocycles. The quantitative estimate of drug-likeness (QED) is 0.440. The summed E-state index contributed by atoms with van der Waals surface area (Å²) in [6.45, 7) is 0.169. The number of hydrogen-bond donors (Lipinski definition) is 1. The number of hydrogen-bond acceptors (Lipinski definition) is 5. The molecule has 0 unspecified atom stereocenters. The van der Waals surface area contributed by atoms with Crippen molar-refractivity contribution in [1.29, 1.82) is 0 Å². The topological polar surface area (TPSA) is 93.8 Å². The molecule has 0 aliphatic rings. The van der Waals surface area contributed by atoms with Crippen LogP contribution in [-0.2, 0) is 16.2 Å². The van der Waals surface area contributed by atoms with Gasteiger partial charge in [0.2, 0.25) is 5.91 Å². The fraction of sp³-hybridized carbons (Fsp3) is 0.125. The molecule has 0 saturated carbocycles. The fourth-order valence-corrected chi connectivity index (χ4v) is 2.01. The lowest BCUT2D eigenvalue weighted by Gasteiger charge is -2.03. The standard InChI is InChI=1S/C16H14BrN3O4/c17-13-3-5-14(6-4-13)19-16(21)9-10-18-24-11-12-1-7-15(8-2-12)20(22)23/h1-8,10H,9,11H2,(H,19,21)/b18-10+. The van der Waals surface area contributed by atoms with Crippen molar-refractivity contribution in [2.45, 2.75) is 13.0 Å². The Labute approximate surface area is 146 Å². The first-order chi connectivity index (χ1) is 11.5. The molecule has 2 aromatic rings. The first kappa shape index (κ1) is 17.6. The molecule has 0 spiro atoms. The summed E-state index contributed by atoms with van der Waals surface area (Å²) in [7, 11) is 0. The highest BCUT2D eigenvalue weighted by atomic mass is 79.9. The van der Waals surface area contributed by atoms with Crippen LogP contribution in [0.25, 0.3) is 0 Å². The Morgan fingerprint density at radius 2 is 1.88 bits per heavy atom. The second-order valence-corrected chi connectivity index (χ2v) is 5.66. The van der Waals surface area contributed by atoms with Crippen LogP contribution >= 0.6 is 15.9 Å². The van der Waals surface area contributed by atoms with E-state index in [1.165, 1.54) is 18.3 Å². The Hall–Kier alpha value is -2.74. The summed E-state index contributed by atoms with van der Waals surface area (Å²) >= 11 is 3.32. The Morgan fingerprint density at radius 1 is 1.21 bits per heavy atom. The van der Waals surface area contributed by atoms with Crippen molar-refractivity contribution >= 4 is 39.4 Å². The van der Waals surface area contributed by atoms with Gasteiger partial charge in [-0.25, -0.2) is 0 Å². The van der Waals surface area contributed by atoms with Crippen molar-refractivity contribution in [2.75, 3.05) is 5.32 Å². The van der Waals surface area contributed by atoms with E-state index < -0.39 is 4.92 Å². The normalized spacial score (nSPS) is 10.5. The van der Waals surface area contributed by atoms with Gasteiger partial charge in [0.25, 0.3) is 5.69 Å². The third-order valence-corrected chi connectivity index (χ3v) is 3.46. The van der Waals surface area contributed by atoms with Gasteiger partial charge in [-0.15, -0.1) is 0 Å². The summed E-state index contributed by atoms with van der Waals surface area (Å²) in [4.78, 5) is 26.8. The lowest BCUT2D eigenvalue weighted by atomic mass is 10.2. The largest absolute Gasteiger partial charge is 0.391 e. The molecule has 7 nitrogen and oxygen atoms in total. The van der Waals surface area contributed by atoms with Gasteiger partial charge in [0.1, 0.15) is 6.61 Å². The molecule has 0 heterocycles. The van der Waals surface area contributed by atoms with E-state index in [4.69, 9.17) is 4.84 Å². The van der Waals surface area contributed by atoms with Crippen LogP contribution in [0, 0.1) is 10.1 Å². The SMILES string of the molecule is O=C(C/C=N/OCc1ccc([N+](=O)[O-])cc1)Nc1ccc(Br)cc1. The van der Waals surface area contributed by atoms with Crippen molar-refractivity contribution in [3.63, 3.8) is 0 Å². The van der Waals surface area contributed by atoms with Crippen LogP contribution in [0.1, 0.15) is 12.0 Å². The molecule has 24 heavy (non-hydrogen) atoms. The van der Waals surface area contributed by atoms with Gasteiger partial charge >= 0.3 is 0 Å². The average Bonchev–Trinajstić information content (AvgIpc) is 2.57. The molecule has 0 bridgehead atoms. The summed E-state index contributed by atoms with van der Waals surface area (Å²) < 4.78 is 0.932. The molecule has 0 atom stereocenters. The number of carbonyl (C=O) groups is 1. The smallest absolute Gasteiger partial charge is 0.269 e. The van der Waals surface area contributed by atoms with E-state index in [1.807, 2.05) is 12.1 Å². The maximum absolute atomic E-state index is 11.7. The number of halogens is 1. The van der Waals surface area contributed by atoms with Crippen LogP contribution in [0.3, 0.4) is 0 Å². The molecule has 1 N–H and O–H groups in total. The lowest BCUT2D eigenvalue weighted by molar-refractivity contribution is -0.384. The Kier molecular flexibility index (Phi) is 6.44. The third-order valence-electron chi connectivity index (χ3n) is 2.93. The van der Waals surface area contributed by atoms with E-state index >= 15 is 0 Å².